The van der Waals surface area contributed by atoms with Crippen LogP contribution in [0.5, 0.6) is 5.75 Å². The predicted molar refractivity (Wildman–Crippen MR) is 63.3 cm³/mol. The molecule has 0 unspecified atom stereocenters. The summed E-state index contributed by atoms with van der Waals surface area (Å²) in [7, 11) is 1.69. The molecule has 0 N–H and O–H groups in total. The summed E-state index contributed by atoms with van der Waals surface area (Å²) in [5.74, 6) is 0.909. The molecule has 0 atom stereocenters. The Kier molecular flexibility index (Phi) is 2.77. The summed E-state index contributed by atoms with van der Waals surface area (Å²) in [6.07, 6.45) is 6.31. The fourth-order valence-corrected chi connectivity index (χ4v) is 1.68. The van der Waals surface area contributed by atoms with Crippen molar-refractivity contribution in [3.63, 3.8) is 0 Å². The average molecular weight is 201 g/mol. The Hall–Kier alpha value is -1.70. The minimum atomic E-state index is 0.909. The Bertz CT molecular complexity index is 482. The molecule has 0 bridgehead atoms. The topological polar surface area (TPSA) is 14.2 Å². The smallest absolute Gasteiger partial charge is 0.119 e. The van der Waals surface area contributed by atoms with Gasteiger partial charge in [-0.15, -0.1) is 0 Å². The van der Waals surface area contributed by atoms with E-state index in [1.54, 1.807) is 7.11 Å². The molecule has 0 spiro atoms. The molecule has 1 aromatic heterocycles. The Balaban J connectivity index is 2.42. The zero-order chi connectivity index (χ0) is 10.7. The summed E-state index contributed by atoms with van der Waals surface area (Å²) >= 11 is 0. The zero-order valence-corrected chi connectivity index (χ0v) is 9.10. The molecule has 0 aliphatic heterocycles. The first-order chi connectivity index (χ1) is 7.35. The van der Waals surface area contributed by atoms with E-state index in [0.717, 1.165) is 12.3 Å². The highest BCUT2D eigenvalue weighted by Crippen LogP contribution is 2.21. The minimum Gasteiger partial charge on any atom is -0.497 e. The largest absolute Gasteiger partial charge is 0.497 e. The van der Waals surface area contributed by atoms with Crippen molar-refractivity contribution >= 4 is 10.9 Å². The molecule has 2 aromatic rings. The van der Waals surface area contributed by atoms with Crippen molar-refractivity contribution in [2.24, 2.45) is 0 Å². The number of aromatic nitrogens is 1. The quantitative estimate of drug-likeness (QED) is 0.695. The summed E-state index contributed by atoms with van der Waals surface area (Å²) in [5.41, 5.74) is 1.24. The lowest BCUT2D eigenvalue weighted by atomic mass is 10.2. The SMILES string of the molecule is C/C=C/Cn1ccc2cc(OC)ccc21. The minimum absolute atomic E-state index is 0.909. The lowest BCUT2D eigenvalue weighted by Crippen LogP contribution is -1.92. The highest BCUT2D eigenvalue weighted by molar-refractivity contribution is 5.81. The number of nitrogens with zero attached hydrogens (tertiary/aromatic N) is 1. The molecule has 0 aliphatic rings. The molecule has 2 rings (SSSR count). The van der Waals surface area contributed by atoms with Crippen LogP contribution in [0, 0.1) is 0 Å². The summed E-state index contributed by atoms with van der Waals surface area (Å²) in [6.45, 7) is 2.96. The molecule has 0 amide bonds. The normalized spacial score (nSPS) is 11.3. The maximum Gasteiger partial charge on any atom is 0.119 e. The second-order valence-corrected chi connectivity index (χ2v) is 3.46. The first-order valence-electron chi connectivity index (χ1n) is 5.09. The molecule has 0 fully saturated rings. The van der Waals surface area contributed by atoms with Crippen molar-refractivity contribution in [3.05, 3.63) is 42.6 Å². The predicted octanol–water partition coefficient (Wildman–Crippen LogP) is 3.23. The monoisotopic (exact) mass is 201 g/mol. The summed E-state index contributed by atoms with van der Waals surface area (Å²) < 4.78 is 7.41. The lowest BCUT2D eigenvalue weighted by molar-refractivity contribution is 0.415. The van der Waals surface area contributed by atoms with E-state index in [-0.39, 0.29) is 0 Å². The number of allylic oxidation sites excluding steroid dienone is 2. The van der Waals surface area contributed by atoms with Gasteiger partial charge in [0.2, 0.25) is 0 Å². The number of hydrogen-bond donors (Lipinski definition) is 0. The summed E-state index contributed by atoms with van der Waals surface area (Å²) in [4.78, 5) is 0. The number of ether oxygens (including phenoxy) is 1. The van der Waals surface area contributed by atoms with E-state index in [1.165, 1.54) is 10.9 Å². The molecule has 2 nitrogen and oxygen atoms in total. The van der Waals surface area contributed by atoms with Crippen LogP contribution in [0.2, 0.25) is 0 Å². The van der Waals surface area contributed by atoms with Gasteiger partial charge in [-0.25, -0.2) is 0 Å². The van der Waals surface area contributed by atoms with E-state index in [0.29, 0.717) is 0 Å². The molecule has 0 aliphatic carbocycles. The number of hydrogen-bond acceptors (Lipinski definition) is 1. The van der Waals surface area contributed by atoms with Crippen molar-refractivity contribution < 1.29 is 4.74 Å². The van der Waals surface area contributed by atoms with Crippen LogP contribution in [0.25, 0.3) is 10.9 Å². The third-order valence-corrected chi connectivity index (χ3v) is 2.52. The van der Waals surface area contributed by atoms with E-state index in [1.807, 2.05) is 13.0 Å². The van der Waals surface area contributed by atoms with Gasteiger partial charge in [0.15, 0.2) is 0 Å². The second-order valence-electron chi connectivity index (χ2n) is 3.46. The molecule has 0 saturated heterocycles. The van der Waals surface area contributed by atoms with Gasteiger partial charge >= 0.3 is 0 Å². The van der Waals surface area contributed by atoms with E-state index in [4.69, 9.17) is 4.74 Å². The molecule has 1 aromatic carbocycles. The van der Waals surface area contributed by atoms with Crippen molar-refractivity contribution in [2.75, 3.05) is 7.11 Å². The van der Waals surface area contributed by atoms with Crippen LogP contribution in [-0.2, 0) is 6.54 Å². The van der Waals surface area contributed by atoms with Gasteiger partial charge in [0.25, 0.3) is 0 Å². The summed E-state index contributed by atoms with van der Waals surface area (Å²) in [6, 6.07) is 8.26. The highest BCUT2D eigenvalue weighted by atomic mass is 16.5. The van der Waals surface area contributed by atoms with Crippen LogP contribution in [0.15, 0.2) is 42.6 Å². The molecule has 1 heterocycles. The Morgan fingerprint density at radius 2 is 2.20 bits per heavy atom. The first kappa shape index (κ1) is 9.84. The molecular weight excluding hydrogens is 186 g/mol. The fourth-order valence-electron chi connectivity index (χ4n) is 1.68. The zero-order valence-electron chi connectivity index (χ0n) is 9.10. The fraction of sp³-hybridized carbons (Fsp3) is 0.231. The van der Waals surface area contributed by atoms with Gasteiger partial charge in [-0.05, 0) is 31.2 Å². The van der Waals surface area contributed by atoms with Crippen molar-refractivity contribution in [1.29, 1.82) is 0 Å². The molecule has 78 valence electrons. The van der Waals surface area contributed by atoms with Crippen LogP contribution in [-0.4, -0.2) is 11.7 Å². The molecular formula is C13H15NO. The summed E-state index contributed by atoms with van der Waals surface area (Å²) in [5, 5.41) is 1.22. The van der Waals surface area contributed by atoms with Gasteiger partial charge in [0.1, 0.15) is 5.75 Å². The maximum atomic E-state index is 5.19. The second kappa shape index (κ2) is 4.22. The number of fused-ring (bicyclic) bond motifs is 1. The maximum absolute atomic E-state index is 5.19. The molecule has 0 saturated carbocycles. The van der Waals surface area contributed by atoms with Gasteiger partial charge < -0.3 is 9.30 Å². The third kappa shape index (κ3) is 1.89. The van der Waals surface area contributed by atoms with Crippen LogP contribution in [0.3, 0.4) is 0 Å². The van der Waals surface area contributed by atoms with Gasteiger partial charge in [0, 0.05) is 23.6 Å². The Morgan fingerprint density at radius 1 is 1.33 bits per heavy atom. The average Bonchev–Trinajstić information content (AvgIpc) is 2.68. The highest BCUT2D eigenvalue weighted by Gasteiger charge is 2.00. The van der Waals surface area contributed by atoms with E-state index in [9.17, 15) is 0 Å². The third-order valence-electron chi connectivity index (χ3n) is 2.52. The van der Waals surface area contributed by atoms with Gasteiger partial charge in [-0.2, -0.15) is 0 Å². The van der Waals surface area contributed by atoms with Crippen molar-refractivity contribution in [2.45, 2.75) is 13.5 Å². The van der Waals surface area contributed by atoms with Crippen molar-refractivity contribution in [1.82, 2.24) is 4.57 Å². The van der Waals surface area contributed by atoms with Crippen molar-refractivity contribution in [3.8, 4) is 5.75 Å². The molecule has 2 heteroatoms. The first-order valence-corrected chi connectivity index (χ1v) is 5.09. The van der Waals surface area contributed by atoms with E-state index >= 15 is 0 Å². The Labute approximate surface area is 89.8 Å². The number of rotatable bonds is 3. The molecule has 0 radical (unpaired) electrons. The molecule has 15 heavy (non-hydrogen) atoms. The number of methoxy groups -OCH3 is 1. The standard InChI is InChI=1S/C13H15NO/c1-3-4-8-14-9-7-11-10-12(15-2)5-6-13(11)14/h3-7,9-10H,8H2,1-2H3/b4-3+. The van der Waals surface area contributed by atoms with Gasteiger partial charge in [0.05, 0.1) is 7.11 Å². The van der Waals surface area contributed by atoms with Gasteiger partial charge in [-0.3, -0.25) is 0 Å². The van der Waals surface area contributed by atoms with Crippen LogP contribution >= 0.6 is 0 Å². The van der Waals surface area contributed by atoms with Gasteiger partial charge in [-0.1, -0.05) is 12.2 Å². The van der Waals surface area contributed by atoms with E-state index in [2.05, 4.69) is 41.1 Å². The van der Waals surface area contributed by atoms with Crippen LogP contribution < -0.4 is 4.74 Å². The van der Waals surface area contributed by atoms with Crippen LogP contribution in [0.4, 0.5) is 0 Å². The number of benzene rings is 1. The lowest BCUT2D eigenvalue weighted by Gasteiger charge is -2.02. The van der Waals surface area contributed by atoms with Crippen LogP contribution in [0.1, 0.15) is 6.92 Å². The Morgan fingerprint density at radius 3 is 2.93 bits per heavy atom. The van der Waals surface area contributed by atoms with E-state index < -0.39 is 0 Å².